The summed E-state index contributed by atoms with van der Waals surface area (Å²) in [5.74, 6) is 0. The Morgan fingerprint density at radius 3 is 1.77 bits per heavy atom. The highest BCUT2D eigenvalue weighted by Crippen LogP contribution is 2.01. The molecule has 1 aliphatic heterocycles. The van der Waals surface area contributed by atoms with E-state index in [1.807, 2.05) is 0 Å². The number of β-amino-alcohol motifs (C(OH)–C–C–N with tert-alkyl or cyclic N) is 1. The third-order valence-electron chi connectivity index (χ3n) is 2.51. The normalized spacial score (nSPS) is 20.8. The van der Waals surface area contributed by atoms with Crippen LogP contribution in [0.2, 0.25) is 0 Å². The van der Waals surface area contributed by atoms with Crippen molar-refractivity contribution >= 4 is 0 Å². The van der Waals surface area contributed by atoms with E-state index in [4.69, 9.17) is 10.2 Å². The van der Waals surface area contributed by atoms with Crippen molar-refractivity contribution in [1.82, 2.24) is 9.80 Å². The molecule has 0 amide bonds. The van der Waals surface area contributed by atoms with Gasteiger partial charge < -0.3 is 15.1 Å². The summed E-state index contributed by atoms with van der Waals surface area (Å²) in [5, 5.41) is 17.4. The van der Waals surface area contributed by atoms with Crippen molar-refractivity contribution in [3.8, 4) is 0 Å². The zero-order chi connectivity index (χ0) is 9.52. The van der Waals surface area contributed by atoms with Gasteiger partial charge in [-0.3, -0.25) is 4.90 Å². The number of aliphatic hydroxyl groups excluding tert-OH is 2. The van der Waals surface area contributed by atoms with Crippen molar-refractivity contribution in [1.29, 1.82) is 0 Å². The highest BCUT2D eigenvalue weighted by Gasteiger charge is 2.14. The van der Waals surface area contributed by atoms with Crippen molar-refractivity contribution in [2.45, 2.75) is 6.42 Å². The topological polar surface area (TPSA) is 46.9 Å². The highest BCUT2D eigenvalue weighted by atomic mass is 16.3. The van der Waals surface area contributed by atoms with E-state index in [1.165, 1.54) is 0 Å². The number of nitrogens with zero attached hydrogens (tertiary/aromatic N) is 2. The zero-order valence-electron chi connectivity index (χ0n) is 8.15. The predicted octanol–water partition coefficient (Wildman–Crippen LogP) is -1.02. The summed E-state index contributed by atoms with van der Waals surface area (Å²) >= 11 is 0. The number of aliphatic hydroxyl groups is 2. The maximum absolute atomic E-state index is 8.74. The summed E-state index contributed by atoms with van der Waals surface area (Å²) < 4.78 is 0. The predicted molar refractivity (Wildman–Crippen MR) is 51.7 cm³/mol. The molecule has 0 unspecified atom stereocenters. The molecule has 1 fully saturated rings. The molecule has 1 heterocycles. The first-order valence-corrected chi connectivity index (χ1v) is 5.03. The lowest BCUT2D eigenvalue weighted by Gasteiger charge is -2.34. The van der Waals surface area contributed by atoms with Crippen LogP contribution in [0.25, 0.3) is 0 Å². The molecule has 78 valence electrons. The minimum atomic E-state index is 0.261. The second kappa shape index (κ2) is 6.32. The summed E-state index contributed by atoms with van der Waals surface area (Å²) in [5.41, 5.74) is 0. The van der Waals surface area contributed by atoms with Gasteiger partial charge in [-0.25, -0.2) is 0 Å². The second-order valence-corrected chi connectivity index (χ2v) is 3.48. The van der Waals surface area contributed by atoms with E-state index in [0.29, 0.717) is 0 Å². The van der Waals surface area contributed by atoms with Gasteiger partial charge in [0.2, 0.25) is 0 Å². The molecular weight excluding hydrogens is 168 g/mol. The average Bonchev–Trinajstić information content (AvgIpc) is 2.17. The third kappa shape index (κ3) is 4.04. The number of hydrogen-bond acceptors (Lipinski definition) is 4. The fourth-order valence-corrected chi connectivity index (χ4v) is 1.67. The third-order valence-corrected chi connectivity index (χ3v) is 2.51. The quantitative estimate of drug-likeness (QED) is 0.580. The first-order chi connectivity index (χ1) is 6.36. The van der Waals surface area contributed by atoms with Crippen molar-refractivity contribution in [2.75, 3.05) is 52.5 Å². The van der Waals surface area contributed by atoms with Crippen LogP contribution in [0.5, 0.6) is 0 Å². The van der Waals surface area contributed by atoms with E-state index in [-0.39, 0.29) is 13.2 Å². The van der Waals surface area contributed by atoms with Crippen LogP contribution in [0.1, 0.15) is 6.42 Å². The van der Waals surface area contributed by atoms with Gasteiger partial charge >= 0.3 is 0 Å². The molecule has 1 rings (SSSR count). The Labute approximate surface area is 79.8 Å². The molecule has 4 heteroatoms. The van der Waals surface area contributed by atoms with Crippen LogP contribution in [0.15, 0.2) is 0 Å². The summed E-state index contributed by atoms with van der Waals surface area (Å²) in [7, 11) is 0. The van der Waals surface area contributed by atoms with Crippen LogP contribution in [-0.4, -0.2) is 72.5 Å². The fourth-order valence-electron chi connectivity index (χ4n) is 1.67. The SMILES string of the molecule is OCCCN1CCN(CCO)CC1. The Morgan fingerprint density at radius 1 is 0.769 bits per heavy atom. The molecule has 0 aromatic rings. The van der Waals surface area contributed by atoms with E-state index in [1.54, 1.807) is 0 Å². The van der Waals surface area contributed by atoms with Crippen molar-refractivity contribution < 1.29 is 10.2 Å². The van der Waals surface area contributed by atoms with Crippen LogP contribution >= 0.6 is 0 Å². The second-order valence-electron chi connectivity index (χ2n) is 3.48. The molecule has 2 N–H and O–H groups in total. The summed E-state index contributed by atoms with van der Waals surface area (Å²) in [6.07, 6.45) is 0.875. The Hall–Kier alpha value is -0.160. The van der Waals surface area contributed by atoms with Gasteiger partial charge in [-0.05, 0) is 6.42 Å². The molecule has 0 aromatic heterocycles. The fraction of sp³-hybridized carbons (Fsp3) is 1.00. The van der Waals surface area contributed by atoms with E-state index in [9.17, 15) is 0 Å². The van der Waals surface area contributed by atoms with Gasteiger partial charge in [0.15, 0.2) is 0 Å². The van der Waals surface area contributed by atoms with Gasteiger partial charge in [0.05, 0.1) is 6.61 Å². The maximum Gasteiger partial charge on any atom is 0.0558 e. The van der Waals surface area contributed by atoms with Crippen LogP contribution in [0.3, 0.4) is 0 Å². The van der Waals surface area contributed by atoms with Crippen molar-refractivity contribution in [2.24, 2.45) is 0 Å². The van der Waals surface area contributed by atoms with Gasteiger partial charge in [-0.15, -0.1) is 0 Å². The summed E-state index contributed by atoms with van der Waals surface area (Å²) in [6, 6.07) is 0. The van der Waals surface area contributed by atoms with Crippen molar-refractivity contribution in [3.05, 3.63) is 0 Å². The summed E-state index contributed by atoms with van der Waals surface area (Å²) in [6.45, 7) is 6.59. The molecule has 1 aliphatic rings. The molecular formula is C9H20N2O2. The number of piperazine rings is 1. The molecule has 13 heavy (non-hydrogen) atoms. The molecule has 4 nitrogen and oxygen atoms in total. The Kier molecular flexibility index (Phi) is 5.31. The smallest absolute Gasteiger partial charge is 0.0558 e. The zero-order valence-corrected chi connectivity index (χ0v) is 8.15. The first-order valence-electron chi connectivity index (χ1n) is 5.03. The highest BCUT2D eigenvalue weighted by molar-refractivity contribution is 4.71. The van der Waals surface area contributed by atoms with E-state index < -0.39 is 0 Å². The average molecular weight is 188 g/mol. The molecule has 0 aromatic carbocycles. The Morgan fingerprint density at radius 2 is 1.31 bits per heavy atom. The van der Waals surface area contributed by atoms with Crippen LogP contribution in [0, 0.1) is 0 Å². The van der Waals surface area contributed by atoms with E-state index in [0.717, 1.165) is 45.7 Å². The standard InChI is InChI=1S/C9H20N2O2/c12-8-1-2-10-3-5-11(6-4-10)7-9-13/h12-13H,1-9H2. The first kappa shape index (κ1) is 10.9. The molecule has 0 saturated carbocycles. The van der Waals surface area contributed by atoms with Crippen LogP contribution in [-0.2, 0) is 0 Å². The maximum atomic E-state index is 8.74. The van der Waals surface area contributed by atoms with E-state index in [2.05, 4.69) is 9.80 Å². The molecule has 0 aliphatic carbocycles. The van der Waals surface area contributed by atoms with Crippen LogP contribution in [0.4, 0.5) is 0 Å². The minimum absolute atomic E-state index is 0.261. The number of rotatable bonds is 5. The van der Waals surface area contributed by atoms with E-state index >= 15 is 0 Å². The van der Waals surface area contributed by atoms with Gasteiger partial charge in [-0.1, -0.05) is 0 Å². The summed E-state index contributed by atoms with van der Waals surface area (Å²) in [4.78, 5) is 4.64. The van der Waals surface area contributed by atoms with Gasteiger partial charge in [-0.2, -0.15) is 0 Å². The van der Waals surface area contributed by atoms with Gasteiger partial charge in [0, 0.05) is 45.9 Å². The van der Waals surface area contributed by atoms with Gasteiger partial charge in [0.1, 0.15) is 0 Å². The Balaban J connectivity index is 2.08. The molecule has 0 radical (unpaired) electrons. The molecule has 1 saturated heterocycles. The Bertz CT molecular complexity index is 125. The molecule has 0 spiro atoms. The lowest BCUT2D eigenvalue weighted by molar-refractivity contribution is 0.107. The lowest BCUT2D eigenvalue weighted by Crippen LogP contribution is -2.47. The monoisotopic (exact) mass is 188 g/mol. The van der Waals surface area contributed by atoms with Crippen molar-refractivity contribution in [3.63, 3.8) is 0 Å². The van der Waals surface area contributed by atoms with Gasteiger partial charge in [0.25, 0.3) is 0 Å². The largest absolute Gasteiger partial charge is 0.396 e. The molecule has 0 bridgehead atoms. The molecule has 0 atom stereocenters. The van der Waals surface area contributed by atoms with Crippen LogP contribution < -0.4 is 0 Å². The lowest BCUT2D eigenvalue weighted by atomic mass is 10.3. The number of hydrogen-bond donors (Lipinski definition) is 2. The minimum Gasteiger partial charge on any atom is -0.396 e.